The Bertz CT molecular complexity index is 1200. The fraction of sp³-hybridized carbons (Fsp3) is 0.269. The first-order valence-electron chi connectivity index (χ1n) is 10.9. The summed E-state index contributed by atoms with van der Waals surface area (Å²) in [5.74, 6) is 2.08. The number of fused-ring (bicyclic) bond motifs is 1. The van der Waals surface area contributed by atoms with E-state index in [1.54, 1.807) is 25.3 Å². The monoisotopic (exact) mass is 461 g/mol. The van der Waals surface area contributed by atoms with Gasteiger partial charge in [-0.05, 0) is 72.2 Å². The van der Waals surface area contributed by atoms with Crippen LogP contribution in [0.2, 0.25) is 5.15 Å². The highest BCUT2D eigenvalue weighted by molar-refractivity contribution is 6.29. The van der Waals surface area contributed by atoms with E-state index >= 15 is 0 Å². The maximum atomic E-state index is 13.2. The van der Waals surface area contributed by atoms with Gasteiger partial charge in [0, 0.05) is 30.5 Å². The summed E-state index contributed by atoms with van der Waals surface area (Å²) in [6, 6.07) is 16.9. The van der Waals surface area contributed by atoms with Crippen LogP contribution in [0.15, 0.2) is 60.8 Å². The molecule has 0 spiro atoms. The van der Waals surface area contributed by atoms with E-state index in [-0.39, 0.29) is 11.8 Å². The van der Waals surface area contributed by atoms with Crippen molar-refractivity contribution in [3.8, 4) is 5.75 Å². The molecule has 1 saturated carbocycles. The van der Waals surface area contributed by atoms with Gasteiger partial charge in [0.1, 0.15) is 10.9 Å². The van der Waals surface area contributed by atoms with E-state index in [2.05, 4.69) is 22.4 Å². The Hall–Kier alpha value is -3.38. The normalized spacial score (nSPS) is 20.8. The maximum Gasteiger partial charge on any atom is 0.257 e. The molecule has 33 heavy (non-hydrogen) atoms. The summed E-state index contributed by atoms with van der Waals surface area (Å²) in [6.07, 6.45) is 1.43. The zero-order chi connectivity index (χ0) is 23.1. The van der Waals surface area contributed by atoms with Gasteiger partial charge in [-0.25, -0.2) is 4.98 Å². The number of halogens is 1. The number of nitrogens with zero attached hydrogens (tertiary/aromatic N) is 2. The number of aromatic nitrogens is 1. The van der Waals surface area contributed by atoms with Gasteiger partial charge in [-0.1, -0.05) is 29.8 Å². The molecule has 1 aliphatic heterocycles. The van der Waals surface area contributed by atoms with E-state index in [4.69, 9.17) is 16.3 Å². The average Bonchev–Trinajstić information content (AvgIpc) is 3.33. The minimum atomic E-state index is -0.295. The van der Waals surface area contributed by atoms with Crippen LogP contribution in [0.1, 0.15) is 37.8 Å². The third-order valence-corrected chi connectivity index (χ3v) is 6.93. The smallest absolute Gasteiger partial charge is 0.257 e. The highest BCUT2D eigenvalue weighted by atomic mass is 35.5. The Kier molecular flexibility index (Phi) is 5.54. The molecule has 1 N–H and O–H groups in total. The number of pyridine rings is 1. The molecule has 1 saturated heterocycles. The number of hydrogen-bond donors (Lipinski definition) is 1. The lowest BCUT2D eigenvalue weighted by molar-refractivity contribution is 0.0772. The fourth-order valence-electron chi connectivity index (χ4n) is 4.79. The molecular weight excluding hydrogens is 438 g/mol. The number of aryl methyl sites for hydroxylation is 1. The van der Waals surface area contributed by atoms with Crippen LogP contribution in [-0.2, 0) is 0 Å². The SMILES string of the molecule is COc1ccc([C@H]2[C@@H]3CN(C(=O)c4ccc(C)c(NC(=O)c5ccc(Cl)nc5)c4)C[C@@H]32)cc1. The van der Waals surface area contributed by atoms with Crippen molar-refractivity contribution in [3.05, 3.63) is 88.2 Å². The second-order valence-corrected chi connectivity index (χ2v) is 9.08. The van der Waals surface area contributed by atoms with Gasteiger partial charge in [0.05, 0.1) is 12.7 Å². The maximum absolute atomic E-state index is 13.2. The van der Waals surface area contributed by atoms with E-state index < -0.39 is 0 Å². The Labute approximate surface area is 197 Å². The van der Waals surface area contributed by atoms with Crippen LogP contribution in [0.5, 0.6) is 5.75 Å². The van der Waals surface area contributed by atoms with Gasteiger partial charge in [0.25, 0.3) is 11.8 Å². The molecular formula is C26H24ClN3O3. The van der Waals surface area contributed by atoms with Crippen LogP contribution >= 0.6 is 11.6 Å². The van der Waals surface area contributed by atoms with Crippen LogP contribution in [0.4, 0.5) is 5.69 Å². The zero-order valence-corrected chi connectivity index (χ0v) is 19.2. The number of carbonyl (C=O) groups excluding carboxylic acids is 2. The van der Waals surface area contributed by atoms with E-state index in [1.807, 2.05) is 36.1 Å². The van der Waals surface area contributed by atoms with Crippen molar-refractivity contribution in [1.29, 1.82) is 0 Å². The lowest BCUT2D eigenvalue weighted by atomic mass is 10.1. The minimum Gasteiger partial charge on any atom is -0.497 e. The summed E-state index contributed by atoms with van der Waals surface area (Å²) in [5, 5.41) is 3.21. The van der Waals surface area contributed by atoms with E-state index in [1.165, 1.54) is 11.8 Å². The molecule has 3 atom stereocenters. The summed E-state index contributed by atoms with van der Waals surface area (Å²) in [4.78, 5) is 31.6. The predicted octanol–water partition coefficient (Wildman–Crippen LogP) is 4.79. The number of ether oxygens (including phenoxy) is 1. The number of anilines is 1. The quantitative estimate of drug-likeness (QED) is 0.554. The molecule has 2 fully saturated rings. The fourth-order valence-corrected chi connectivity index (χ4v) is 4.90. The molecule has 0 bridgehead atoms. The third-order valence-electron chi connectivity index (χ3n) is 6.70. The summed E-state index contributed by atoms with van der Waals surface area (Å²) in [6.45, 7) is 3.41. The number of nitrogens with one attached hydrogen (secondary N) is 1. The third kappa shape index (κ3) is 4.18. The first kappa shape index (κ1) is 21.5. The van der Waals surface area contributed by atoms with Gasteiger partial charge < -0.3 is 15.0 Å². The second-order valence-electron chi connectivity index (χ2n) is 8.69. The molecule has 6 nitrogen and oxygen atoms in total. The molecule has 2 amide bonds. The van der Waals surface area contributed by atoms with Gasteiger partial charge in [-0.3, -0.25) is 9.59 Å². The zero-order valence-electron chi connectivity index (χ0n) is 18.4. The Morgan fingerprint density at radius 2 is 1.73 bits per heavy atom. The predicted molar refractivity (Wildman–Crippen MR) is 127 cm³/mol. The molecule has 0 radical (unpaired) electrons. The number of benzene rings is 2. The van der Waals surface area contributed by atoms with Crippen molar-refractivity contribution < 1.29 is 14.3 Å². The molecule has 0 unspecified atom stereocenters. The molecule has 2 aliphatic rings. The lowest BCUT2D eigenvalue weighted by Crippen LogP contribution is -2.31. The Morgan fingerprint density at radius 1 is 1.03 bits per heavy atom. The number of carbonyl (C=O) groups is 2. The van der Waals surface area contributed by atoms with Crippen molar-refractivity contribution in [1.82, 2.24) is 9.88 Å². The summed E-state index contributed by atoms with van der Waals surface area (Å²) < 4.78 is 5.25. The van der Waals surface area contributed by atoms with E-state index in [9.17, 15) is 9.59 Å². The number of rotatable bonds is 5. The molecule has 1 aromatic heterocycles. The summed E-state index contributed by atoms with van der Waals surface area (Å²) in [5.41, 5.74) is 3.79. The van der Waals surface area contributed by atoms with Crippen molar-refractivity contribution in [2.75, 3.05) is 25.5 Å². The molecule has 3 aromatic rings. The largest absolute Gasteiger partial charge is 0.497 e. The van der Waals surface area contributed by atoms with Crippen LogP contribution in [0.3, 0.4) is 0 Å². The molecule has 168 valence electrons. The molecule has 7 heteroatoms. The van der Waals surface area contributed by atoms with Crippen LogP contribution in [-0.4, -0.2) is 41.9 Å². The first-order chi connectivity index (χ1) is 15.9. The molecule has 5 rings (SSSR count). The standard InChI is InChI=1S/C26H24ClN3O3/c1-15-3-4-17(11-22(15)29-25(31)18-7-10-23(27)28-12-18)26(32)30-13-20-21(14-30)24(20)16-5-8-19(33-2)9-6-16/h3-12,20-21,24H,13-14H2,1-2H3,(H,29,31)/t20-,21+,24+. The second kappa shape index (κ2) is 8.52. The number of piperidine rings is 1. The Morgan fingerprint density at radius 3 is 2.36 bits per heavy atom. The number of hydrogen-bond acceptors (Lipinski definition) is 4. The van der Waals surface area contributed by atoms with Crippen LogP contribution in [0, 0.1) is 18.8 Å². The van der Waals surface area contributed by atoms with Crippen LogP contribution < -0.4 is 10.1 Å². The van der Waals surface area contributed by atoms with Crippen molar-refractivity contribution in [2.45, 2.75) is 12.8 Å². The van der Waals surface area contributed by atoms with Gasteiger partial charge >= 0.3 is 0 Å². The van der Waals surface area contributed by atoms with Gasteiger partial charge in [-0.15, -0.1) is 0 Å². The van der Waals surface area contributed by atoms with Crippen LogP contribution in [0.25, 0.3) is 0 Å². The lowest BCUT2D eigenvalue weighted by Gasteiger charge is -2.21. The molecule has 2 aromatic carbocycles. The van der Waals surface area contributed by atoms with Gasteiger partial charge in [0.15, 0.2) is 0 Å². The van der Waals surface area contributed by atoms with Crippen molar-refractivity contribution >= 4 is 29.1 Å². The minimum absolute atomic E-state index is 0.000612. The molecule has 1 aliphatic carbocycles. The van der Waals surface area contributed by atoms with Crippen molar-refractivity contribution in [3.63, 3.8) is 0 Å². The van der Waals surface area contributed by atoms with E-state index in [0.717, 1.165) is 24.4 Å². The molecule has 2 heterocycles. The summed E-state index contributed by atoms with van der Waals surface area (Å²) in [7, 11) is 1.67. The van der Waals surface area contributed by atoms with Gasteiger partial charge in [0.2, 0.25) is 0 Å². The highest BCUT2D eigenvalue weighted by Gasteiger charge is 2.57. The Balaban J connectivity index is 1.24. The number of methoxy groups -OCH3 is 1. The van der Waals surface area contributed by atoms with Gasteiger partial charge in [-0.2, -0.15) is 0 Å². The highest BCUT2D eigenvalue weighted by Crippen LogP contribution is 2.58. The number of likely N-dealkylation sites (tertiary alicyclic amines) is 1. The first-order valence-corrected chi connectivity index (χ1v) is 11.3. The summed E-state index contributed by atoms with van der Waals surface area (Å²) >= 11 is 5.80. The topological polar surface area (TPSA) is 71.5 Å². The van der Waals surface area contributed by atoms with Crippen molar-refractivity contribution in [2.24, 2.45) is 11.8 Å². The average molecular weight is 462 g/mol. The number of amides is 2. The van der Waals surface area contributed by atoms with E-state index in [0.29, 0.717) is 39.7 Å².